The maximum Gasteiger partial charge on any atom is 0.243 e. The lowest BCUT2D eigenvalue weighted by atomic mass is 9.97. The maximum absolute atomic E-state index is 13.1. The highest BCUT2D eigenvalue weighted by molar-refractivity contribution is 7.89. The number of hydrogen-bond acceptors (Lipinski definition) is 6. The Bertz CT molecular complexity index is 1230. The molecular formula is C24H30N4O2S2. The van der Waals surface area contributed by atoms with E-state index in [0.29, 0.717) is 31.1 Å². The molecule has 1 saturated heterocycles. The number of thiophene rings is 1. The molecule has 0 N–H and O–H groups in total. The number of benzene rings is 1. The predicted molar refractivity (Wildman–Crippen MR) is 130 cm³/mol. The first-order chi connectivity index (χ1) is 15.5. The minimum atomic E-state index is -3.47. The largest absolute Gasteiger partial charge is 0.353 e. The number of piperazine rings is 1. The van der Waals surface area contributed by atoms with Gasteiger partial charge in [-0.05, 0) is 56.7 Å². The van der Waals surface area contributed by atoms with Crippen LogP contribution in [0.4, 0.5) is 5.82 Å². The molecule has 3 heterocycles. The molecule has 0 saturated carbocycles. The van der Waals surface area contributed by atoms with Crippen LogP contribution in [0.25, 0.3) is 10.2 Å². The highest BCUT2D eigenvalue weighted by Gasteiger charge is 2.31. The Hall–Kier alpha value is -2.03. The number of fused-ring (bicyclic) bond motifs is 3. The average Bonchev–Trinajstić information content (AvgIpc) is 3.17. The third-order valence-electron chi connectivity index (χ3n) is 6.51. The lowest BCUT2D eigenvalue weighted by Crippen LogP contribution is -2.49. The molecule has 0 spiro atoms. The molecule has 1 aromatic carbocycles. The van der Waals surface area contributed by atoms with Crippen molar-refractivity contribution in [3.05, 3.63) is 46.1 Å². The van der Waals surface area contributed by atoms with Crippen LogP contribution < -0.4 is 4.90 Å². The molecular weight excluding hydrogens is 440 g/mol. The van der Waals surface area contributed by atoms with Gasteiger partial charge in [-0.25, -0.2) is 18.4 Å². The lowest BCUT2D eigenvalue weighted by molar-refractivity contribution is 0.384. The monoisotopic (exact) mass is 470 g/mol. The van der Waals surface area contributed by atoms with Crippen molar-refractivity contribution in [3.63, 3.8) is 0 Å². The number of rotatable bonds is 5. The number of anilines is 1. The van der Waals surface area contributed by atoms with Gasteiger partial charge in [-0.15, -0.1) is 11.3 Å². The number of hydrogen-bond donors (Lipinski definition) is 0. The Labute approximate surface area is 194 Å². The standard InChI is InChI=1S/C24H30N4O2S2/c1-3-6-21-25-23(22-19-7-4-5-8-20(19)31-24(22)26-21)27-13-15-28(16-14-27)32(29,30)18-11-9-17(2)10-12-18/h9-12H,3-8,13-16H2,1-2H3. The van der Waals surface area contributed by atoms with E-state index in [1.54, 1.807) is 16.4 Å². The van der Waals surface area contributed by atoms with E-state index in [9.17, 15) is 8.42 Å². The Morgan fingerprint density at radius 1 is 1.00 bits per heavy atom. The van der Waals surface area contributed by atoms with Crippen LogP contribution in [0.2, 0.25) is 0 Å². The van der Waals surface area contributed by atoms with Crippen molar-refractivity contribution >= 4 is 37.4 Å². The number of sulfonamides is 1. The van der Waals surface area contributed by atoms with E-state index in [4.69, 9.17) is 9.97 Å². The summed E-state index contributed by atoms with van der Waals surface area (Å²) in [7, 11) is -3.47. The summed E-state index contributed by atoms with van der Waals surface area (Å²) >= 11 is 1.84. The van der Waals surface area contributed by atoms with Crippen LogP contribution in [-0.2, 0) is 29.3 Å². The summed E-state index contributed by atoms with van der Waals surface area (Å²) in [5.74, 6) is 1.92. The maximum atomic E-state index is 13.1. The van der Waals surface area contributed by atoms with Crippen LogP contribution in [0.15, 0.2) is 29.2 Å². The molecule has 170 valence electrons. The molecule has 1 aliphatic carbocycles. The zero-order valence-electron chi connectivity index (χ0n) is 18.8. The van der Waals surface area contributed by atoms with Crippen molar-refractivity contribution in [2.24, 2.45) is 0 Å². The van der Waals surface area contributed by atoms with E-state index in [-0.39, 0.29) is 0 Å². The highest BCUT2D eigenvalue weighted by Crippen LogP contribution is 2.40. The van der Waals surface area contributed by atoms with Gasteiger partial charge in [0.15, 0.2) is 0 Å². The van der Waals surface area contributed by atoms with Crippen LogP contribution in [0.5, 0.6) is 0 Å². The van der Waals surface area contributed by atoms with Gasteiger partial charge >= 0.3 is 0 Å². The highest BCUT2D eigenvalue weighted by atomic mass is 32.2. The molecule has 2 aromatic heterocycles. The van der Waals surface area contributed by atoms with E-state index in [0.717, 1.165) is 47.7 Å². The molecule has 8 heteroatoms. The van der Waals surface area contributed by atoms with Crippen LogP contribution in [0.1, 0.15) is 48.0 Å². The molecule has 0 radical (unpaired) electrons. The fraction of sp³-hybridized carbons (Fsp3) is 0.500. The van der Waals surface area contributed by atoms with Gasteiger partial charge in [0.25, 0.3) is 0 Å². The third-order valence-corrected chi connectivity index (χ3v) is 9.61. The normalized spacial score (nSPS) is 17.6. The number of aromatic nitrogens is 2. The van der Waals surface area contributed by atoms with Crippen molar-refractivity contribution in [1.82, 2.24) is 14.3 Å². The van der Waals surface area contributed by atoms with E-state index >= 15 is 0 Å². The van der Waals surface area contributed by atoms with Crippen molar-refractivity contribution in [1.29, 1.82) is 0 Å². The van der Waals surface area contributed by atoms with Gasteiger partial charge < -0.3 is 4.90 Å². The van der Waals surface area contributed by atoms with E-state index < -0.39 is 10.0 Å². The smallest absolute Gasteiger partial charge is 0.243 e. The fourth-order valence-corrected chi connectivity index (χ4v) is 7.44. The van der Waals surface area contributed by atoms with Crippen LogP contribution in [-0.4, -0.2) is 48.9 Å². The molecule has 3 aromatic rings. The summed E-state index contributed by atoms with van der Waals surface area (Å²) < 4.78 is 27.9. The van der Waals surface area contributed by atoms with Crippen molar-refractivity contribution in [3.8, 4) is 0 Å². The molecule has 0 amide bonds. The molecule has 1 fully saturated rings. The van der Waals surface area contributed by atoms with Gasteiger partial charge in [0.1, 0.15) is 16.5 Å². The molecule has 32 heavy (non-hydrogen) atoms. The topological polar surface area (TPSA) is 66.4 Å². The molecule has 0 bridgehead atoms. The number of aryl methyl sites for hydroxylation is 4. The second kappa shape index (κ2) is 8.72. The second-order valence-electron chi connectivity index (χ2n) is 8.81. The zero-order valence-corrected chi connectivity index (χ0v) is 20.4. The van der Waals surface area contributed by atoms with Crippen molar-refractivity contribution in [2.45, 2.75) is 57.3 Å². The molecule has 0 atom stereocenters. The van der Waals surface area contributed by atoms with E-state index in [2.05, 4.69) is 11.8 Å². The molecule has 6 nitrogen and oxygen atoms in total. The summed E-state index contributed by atoms with van der Waals surface area (Å²) in [6, 6.07) is 7.13. The first-order valence-electron chi connectivity index (χ1n) is 11.6. The third kappa shape index (κ3) is 3.93. The summed E-state index contributed by atoms with van der Waals surface area (Å²) in [6.45, 7) is 6.35. The molecule has 5 rings (SSSR count). The Kier molecular flexibility index (Phi) is 5.94. The summed E-state index contributed by atoms with van der Waals surface area (Å²) in [4.78, 5) is 15.1. The molecule has 0 unspecified atom stereocenters. The van der Waals surface area contributed by atoms with Crippen molar-refractivity contribution in [2.75, 3.05) is 31.1 Å². The van der Waals surface area contributed by atoms with Gasteiger partial charge in [0.2, 0.25) is 10.0 Å². The van der Waals surface area contributed by atoms with Gasteiger partial charge in [0.05, 0.1) is 10.3 Å². The first kappa shape index (κ1) is 21.8. The minimum Gasteiger partial charge on any atom is -0.353 e. The summed E-state index contributed by atoms with van der Waals surface area (Å²) in [5.41, 5.74) is 2.49. The number of nitrogens with zero attached hydrogens (tertiary/aromatic N) is 4. The average molecular weight is 471 g/mol. The zero-order chi connectivity index (χ0) is 22.3. The van der Waals surface area contributed by atoms with Gasteiger partial charge in [-0.2, -0.15) is 4.31 Å². The Morgan fingerprint density at radius 3 is 2.44 bits per heavy atom. The molecule has 1 aliphatic heterocycles. The Morgan fingerprint density at radius 2 is 1.72 bits per heavy atom. The van der Waals surface area contributed by atoms with Crippen molar-refractivity contribution < 1.29 is 8.42 Å². The van der Waals surface area contributed by atoms with Crippen LogP contribution in [0, 0.1) is 6.92 Å². The molecule has 2 aliphatic rings. The quantitative estimate of drug-likeness (QED) is 0.555. The van der Waals surface area contributed by atoms with Crippen LogP contribution >= 0.6 is 11.3 Å². The first-order valence-corrected chi connectivity index (χ1v) is 13.9. The van der Waals surface area contributed by atoms with Gasteiger partial charge in [-0.3, -0.25) is 0 Å². The minimum absolute atomic E-state index is 0.373. The van der Waals surface area contributed by atoms with E-state index in [1.165, 1.54) is 28.7 Å². The predicted octanol–water partition coefficient (Wildman–Crippen LogP) is 4.34. The fourth-order valence-electron chi connectivity index (χ4n) is 4.74. The van der Waals surface area contributed by atoms with Gasteiger partial charge in [0, 0.05) is 37.5 Å². The second-order valence-corrected chi connectivity index (χ2v) is 11.8. The van der Waals surface area contributed by atoms with Crippen LogP contribution in [0.3, 0.4) is 0 Å². The summed E-state index contributed by atoms with van der Waals surface area (Å²) in [6.07, 6.45) is 6.59. The SMILES string of the molecule is CCCc1nc(N2CCN(S(=O)(=O)c3ccc(C)cc3)CC2)c2c3c(sc2n1)CCCC3. The summed E-state index contributed by atoms with van der Waals surface area (Å²) in [5, 5.41) is 1.22. The lowest BCUT2D eigenvalue weighted by Gasteiger charge is -2.35. The van der Waals surface area contributed by atoms with E-state index in [1.807, 2.05) is 30.4 Å². The Balaban J connectivity index is 1.44. The van der Waals surface area contributed by atoms with Gasteiger partial charge in [-0.1, -0.05) is 24.6 Å².